The standard InChI is InChI=1S/C12H19NO2/c1-2-3-6-10(14)9-13-11-7-4-5-8-12(11)15/h4-5,7-8,10,13-15H,2-3,6,9H2,1H3. The second-order valence-electron chi connectivity index (χ2n) is 3.69. The zero-order valence-corrected chi connectivity index (χ0v) is 9.11. The largest absolute Gasteiger partial charge is 0.506 e. The van der Waals surface area contributed by atoms with Crippen LogP contribution in [0.4, 0.5) is 5.69 Å². The molecule has 0 amide bonds. The molecule has 0 fully saturated rings. The lowest BCUT2D eigenvalue weighted by atomic mass is 10.1. The van der Waals surface area contributed by atoms with Gasteiger partial charge in [-0.05, 0) is 18.6 Å². The number of aliphatic hydroxyl groups is 1. The lowest BCUT2D eigenvalue weighted by Gasteiger charge is -2.12. The number of rotatable bonds is 6. The highest BCUT2D eigenvalue weighted by atomic mass is 16.3. The van der Waals surface area contributed by atoms with E-state index in [0.717, 1.165) is 19.3 Å². The van der Waals surface area contributed by atoms with Gasteiger partial charge in [0.05, 0.1) is 11.8 Å². The predicted octanol–water partition coefficient (Wildman–Crippen LogP) is 2.36. The van der Waals surface area contributed by atoms with E-state index in [2.05, 4.69) is 12.2 Å². The van der Waals surface area contributed by atoms with E-state index in [9.17, 15) is 10.2 Å². The third-order valence-corrected chi connectivity index (χ3v) is 2.32. The van der Waals surface area contributed by atoms with Crippen LogP contribution in [0, 0.1) is 0 Å². The Hall–Kier alpha value is -1.22. The van der Waals surface area contributed by atoms with Crippen molar-refractivity contribution in [2.24, 2.45) is 0 Å². The molecule has 3 nitrogen and oxygen atoms in total. The Morgan fingerprint density at radius 2 is 2.07 bits per heavy atom. The molecule has 1 atom stereocenters. The number of aliphatic hydroxyl groups excluding tert-OH is 1. The summed E-state index contributed by atoms with van der Waals surface area (Å²) in [5, 5.41) is 22.1. The number of anilines is 1. The highest BCUT2D eigenvalue weighted by Crippen LogP contribution is 2.21. The summed E-state index contributed by atoms with van der Waals surface area (Å²) in [6, 6.07) is 7.04. The monoisotopic (exact) mass is 209 g/mol. The Kier molecular flexibility index (Phi) is 4.98. The Morgan fingerprint density at radius 3 is 2.73 bits per heavy atom. The second kappa shape index (κ2) is 6.30. The first-order valence-electron chi connectivity index (χ1n) is 5.44. The summed E-state index contributed by atoms with van der Waals surface area (Å²) >= 11 is 0. The van der Waals surface area contributed by atoms with E-state index in [0.29, 0.717) is 12.2 Å². The van der Waals surface area contributed by atoms with Crippen molar-refractivity contribution in [2.45, 2.75) is 32.3 Å². The van der Waals surface area contributed by atoms with Gasteiger partial charge in [0, 0.05) is 6.54 Å². The molecule has 0 bridgehead atoms. The molecular formula is C12H19NO2. The van der Waals surface area contributed by atoms with Gasteiger partial charge in [0.25, 0.3) is 0 Å². The second-order valence-corrected chi connectivity index (χ2v) is 3.69. The molecule has 0 aliphatic heterocycles. The number of hydrogen-bond donors (Lipinski definition) is 3. The van der Waals surface area contributed by atoms with Gasteiger partial charge in [-0.15, -0.1) is 0 Å². The molecule has 0 aliphatic carbocycles. The van der Waals surface area contributed by atoms with Crippen molar-refractivity contribution >= 4 is 5.69 Å². The zero-order valence-electron chi connectivity index (χ0n) is 9.11. The van der Waals surface area contributed by atoms with Crippen molar-refractivity contribution in [1.82, 2.24) is 0 Å². The topological polar surface area (TPSA) is 52.5 Å². The summed E-state index contributed by atoms with van der Waals surface area (Å²) in [7, 11) is 0. The van der Waals surface area contributed by atoms with Gasteiger partial charge in [-0.25, -0.2) is 0 Å². The third-order valence-electron chi connectivity index (χ3n) is 2.32. The number of phenols is 1. The number of para-hydroxylation sites is 2. The number of phenolic OH excluding ortho intramolecular Hbond substituents is 1. The minimum Gasteiger partial charge on any atom is -0.506 e. The van der Waals surface area contributed by atoms with Crippen molar-refractivity contribution < 1.29 is 10.2 Å². The van der Waals surface area contributed by atoms with Gasteiger partial charge in [0.2, 0.25) is 0 Å². The summed E-state index contributed by atoms with van der Waals surface area (Å²) in [6.45, 7) is 2.58. The quantitative estimate of drug-likeness (QED) is 0.630. The molecule has 0 heterocycles. The fraction of sp³-hybridized carbons (Fsp3) is 0.500. The first kappa shape index (κ1) is 11.9. The van der Waals surface area contributed by atoms with Gasteiger partial charge < -0.3 is 15.5 Å². The SMILES string of the molecule is CCCCC(O)CNc1ccccc1O. The van der Waals surface area contributed by atoms with Crippen LogP contribution >= 0.6 is 0 Å². The normalized spacial score (nSPS) is 12.4. The Bertz CT molecular complexity index is 289. The molecule has 1 unspecified atom stereocenters. The van der Waals surface area contributed by atoms with Gasteiger partial charge in [0.15, 0.2) is 0 Å². The average molecular weight is 209 g/mol. The summed E-state index contributed by atoms with van der Waals surface area (Å²) in [5.41, 5.74) is 0.674. The lowest BCUT2D eigenvalue weighted by Crippen LogP contribution is -2.19. The maximum absolute atomic E-state index is 9.59. The lowest BCUT2D eigenvalue weighted by molar-refractivity contribution is 0.174. The third kappa shape index (κ3) is 4.21. The molecule has 0 spiro atoms. The zero-order chi connectivity index (χ0) is 11.1. The molecule has 0 aromatic heterocycles. The van der Waals surface area contributed by atoms with E-state index in [-0.39, 0.29) is 11.9 Å². The van der Waals surface area contributed by atoms with Crippen molar-refractivity contribution in [3.63, 3.8) is 0 Å². The molecule has 1 rings (SSSR count). The van der Waals surface area contributed by atoms with Crippen molar-refractivity contribution in [2.75, 3.05) is 11.9 Å². The number of nitrogens with one attached hydrogen (secondary N) is 1. The Labute approximate surface area is 90.8 Å². The van der Waals surface area contributed by atoms with Gasteiger partial charge in [-0.2, -0.15) is 0 Å². The molecule has 0 saturated carbocycles. The Morgan fingerprint density at radius 1 is 1.33 bits per heavy atom. The molecule has 15 heavy (non-hydrogen) atoms. The summed E-state index contributed by atoms with van der Waals surface area (Å²) in [4.78, 5) is 0. The molecule has 0 aliphatic rings. The van der Waals surface area contributed by atoms with E-state index >= 15 is 0 Å². The number of benzene rings is 1. The Balaban J connectivity index is 2.33. The maximum atomic E-state index is 9.59. The molecule has 84 valence electrons. The predicted molar refractivity (Wildman–Crippen MR) is 62.1 cm³/mol. The molecule has 3 N–H and O–H groups in total. The number of unbranched alkanes of at least 4 members (excludes halogenated alkanes) is 1. The van der Waals surface area contributed by atoms with E-state index in [1.807, 2.05) is 6.07 Å². The summed E-state index contributed by atoms with van der Waals surface area (Å²) in [5.74, 6) is 0.222. The van der Waals surface area contributed by atoms with Crippen molar-refractivity contribution in [1.29, 1.82) is 0 Å². The van der Waals surface area contributed by atoms with Gasteiger partial charge in [-0.3, -0.25) is 0 Å². The molecule has 1 aromatic carbocycles. The maximum Gasteiger partial charge on any atom is 0.138 e. The first-order valence-corrected chi connectivity index (χ1v) is 5.44. The summed E-state index contributed by atoms with van der Waals surface area (Å²) in [6.07, 6.45) is 2.58. The van der Waals surface area contributed by atoms with Crippen molar-refractivity contribution in [3.8, 4) is 5.75 Å². The fourth-order valence-electron chi connectivity index (χ4n) is 1.39. The highest BCUT2D eigenvalue weighted by molar-refractivity contribution is 5.55. The average Bonchev–Trinajstić information content (AvgIpc) is 2.25. The van der Waals surface area contributed by atoms with Crippen LogP contribution in [-0.2, 0) is 0 Å². The number of hydrogen-bond acceptors (Lipinski definition) is 3. The number of aromatic hydroxyl groups is 1. The van der Waals surface area contributed by atoms with Gasteiger partial charge in [0.1, 0.15) is 5.75 Å². The molecule has 1 aromatic rings. The highest BCUT2D eigenvalue weighted by Gasteiger charge is 2.04. The molecule has 0 radical (unpaired) electrons. The van der Waals surface area contributed by atoms with Crippen LogP contribution in [0.1, 0.15) is 26.2 Å². The molecule has 0 saturated heterocycles. The van der Waals surface area contributed by atoms with E-state index in [1.54, 1.807) is 18.2 Å². The van der Waals surface area contributed by atoms with Crippen LogP contribution in [-0.4, -0.2) is 22.9 Å². The molecular weight excluding hydrogens is 190 g/mol. The van der Waals surface area contributed by atoms with E-state index in [1.165, 1.54) is 0 Å². The van der Waals surface area contributed by atoms with Crippen LogP contribution in [0.5, 0.6) is 5.75 Å². The van der Waals surface area contributed by atoms with Crippen molar-refractivity contribution in [3.05, 3.63) is 24.3 Å². The van der Waals surface area contributed by atoms with E-state index in [4.69, 9.17) is 0 Å². The molecule has 3 heteroatoms. The van der Waals surface area contributed by atoms with Gasteiger partial charge >= 0.3 is 0 Å². The van der Waals surface area contributed by atoms with Crippen LogP contribution in [0.15, 0.2) is 24.3 Å². The summed E-state index contributed by atoms with van der Waals surface area (Å²) < 4.78 is 0. The van der Waals surface area contributed by atoms with Crippen LogP contribution in [0.3, 0.4) is 0 Å². The van der Waals surface area contributed by atoms with E-state index < -0.39 is 0 Å². The minimum absolute atomic E-state index is 0.222. The smallest absolute Gasteiger partial charge is 0.138 e. The fourth-order valence-corrected chi connectivity index (χ4v) is 1.39. The van der Waals surface area contributed by atoms with Crippen LogP contribution in [0.2, 0.25) is 0 Å². The van der Waals surface area contributed by atoms with Crippen LogP contribution < -0.4 is 5.32 Å². The van der Waals surface area contributed by atoms with Crippen LogP contribution in [0.25, 0.3) is 0 Å². The minimum atomic E-state index is -0.343. The first-order chi connectivity index (χ1) is 7.24. The van der Waals surface area contributed by atoms with Gasteiger partial charge in [-0.1, -0.05) is 31.9 Å².